The lowest BCUT2D eigenvalue weighted by atomic mass is 10.1. The maximum atomic E-state index is 13.9. The van der Waals surface area contributed by atoms with Gasteiger partial charge in [-0.2, -0.15) is 4.37 Å². The van der Waals surface area contributed by atoms with E-state index in [0.29, 0.717) is 17.1 Å². The number of benzene rings is 1. The molecular weight excluding hydrogens is 486 g/mol. The normalized spacial score (nSPS) is 15.6. The fourth-order valence-electron chi connectivity index (χ4n) is 4.50. The van der Waals surface area contributed by atoms with E-state index < -0.39 is 17.9 Å². The Morgan fingerprint density at radius 2 is 1.94 bits per heavy atom. The minimum absolute atomic E-state index is 0.00904. The van der Waals surface area contributed by atoms with E-state index in [1.165, 1.54) is 11.2 Å². The van der Waals surface area contributed by atoms with Gasteiger partial charge in [-0.1, -0.05) is 18.9 Å². The van der Waals surface area contributed by atoms with Gasteiger partial charge in [-0.05, 0) is 54.2 Å². The smallest absolute Gasteiger partial charge is 0.270 e. The molecule has 1 aromatic carbocycles. The van der Waals surface area contributed by atoms with E-state index in [4.69, 9.17) is 25.4 Å². The average molecular weight is 512 g/mol. The Morgan fingerprint density at radius 3 is 2.64 bits per heavy atom. The summed E-state index contributed by atoms with van der Waals surface area (Å²) < 4.78 is 20.4. The molecule has 12 heteroatoms. The molecule has 3 heterocycles. The lowest BCUT2D eigenvalue weighted by Gasteiger charge is -2.30. The fraction of sp³-hybridized carbons (Fsp3) is 0.333. The summed E-state index contributed by atoms with van der Waals surface area (Å²) in [7, 11) is 0. The summed E-state index contributed by atoms with van der Waals surface area (Å²) in [5, 5.41) is 3.06. The number of rotatable bonds is 8. The molecular formula is C24H25N5O6S. The van der Waals surface area contributed by atoms with Crippen molar-refractivity contribution in [1.82, 2.24) is 14.6 Å². The van der Waals surface area contributed by atoms with Gasteiger partial charge >= 0.3 is 0 Å². The van der Waals surface area contributed by atoms with Crippen LogP contribution in [0.5, 0.6) is 11.5 Å². The van der Waals surface area contributed by atoms with Crippen LogP contribution in [0.1, 0.15) is 63.2 Å². The molecule has 36 heavy (non-hydrogen) atoms. The predicted octanol–water partition coefficient (Wildman–Crippen LogP) is 2.59. The Balaban J connectivity index is 1.54. The number of carbonyl (C=O) groups excluding carboxylic acids is 3. The third-order valence-corrected chi connectivity index (χ3v) is 7.13. The second kappa shape index (κ2) is 9.90. The van der Waals surface area contributed by atoms with E-state index in [-0.39, 0.29) is 47.3 Å². The molecule has 0 radical (unpaired) electrons. The number of amides is 3. The molecule has 5 rings (SSSR count). The lowest BCUT2D eigenvalue weighted by Crippen LogP contribution is -2.45. The number of nitrogen functional groups attached to an aromatic ring is 1. The number of fused-ring (bicyclic) bond motifs is 1. The van der Waals surface area contributed by atoms with Crippen LogP contribution in [0.3, 0.4) is 0 Å². The van der Waals surface area contributed by atoms with Gasteiger partial charge in [0.1, 0.15) is 10.6 Å². The summed E-state index contributed by atoms with van der Waals surface area (Å²) in [6, 6.07) is 7.50. The standard InChI is InChI=1S/C24H25N5O6S/c25-18-19(22(26)30)28-36-21(18)24(32)29(11-13-7-8-15-17(10-13)35-12-34-15)20(16-6-3-9-33-16)23(31)27-14-4-1-2-5-14/h3,6-10,14,20H,1-2,4-5,11-12,25H2,(H2,26,30)(H,27,31). The van der Waals surface area contributed by atoms with Crippen molar-refractivity contribution in [2.45, 2.75) is 44.3 Å². The number of primary amides is 1. The summed E-state index contributed by atoms with van der Waals surface area (Å²) in [6.45, 7) is 0.121. The maximum absolute atomic E-state index is 13.9. The molecule has 3 amide bonds. The zero-order valence-corrected chi connectivity index (χ0v) is 20.1. The van der Waals surface area contributed by atoms with Crippen LogP contribution in [-0.4, -0.2) is 39.8 Å². The summed E-state index contributed by atoms with van der Waals surface area (Å²) in [5.41, 5.74) is 11.8. The van der Waals surface area contributed by atoms with Gasteiger partial charge in [-0.3, -0.25) is 14.4 Å². The number of nitrogens with two attached hydrogens (primary N) is 2. The molecule has 188 valence electrons. The number of nitrogens with zero attached hydrogens (tertiary/aromatic N) is 2. The van der Waals surface area contributed by atoms with Crippen LogP contribution >= 0.6 is 11.5 Å². The number of anilines is 1. The molecule has 1 saturated carbocycles. The minimum atomic E-state index is -1.10. The number of hydrogen-bond acceptors (Lipinski definition) is 9. The topological polar surface area (TPSA) is 163 Å². The van der Waals surface area contributed by atoms with Gasteiger partial charge in [-0.25, -0.2) is 0 Å². The van der Waals surface area contributed by atoms with Crippen LogP contribution in [0.4, 0.5) is 5.69 Å². The highest BCUT2D eigenvalue weighted by molar-refractivity contribution is 7.09. The average Bonchev–Trinajstić information content (AvgIpc) is 3.65. The van der Waals surface area contributed by atoms with Crippen LogP contribution in [-0.2, 0) is 11.3 Å². The van der Waals surface area contributed by atoms with Crippen molar-refractivity contribution in [3.8, 4) is 11.5 Å². The quantitative estimate of drug-likeness (QED) is 0.415. The molecule has 0 bridgehead atoms. The Kier molecular flexibility index (Phi) is 6.51. The molecule has 1 atom stereocenters. The number of hydrogen-bond donors (Lipinski definition) is 3. The molecule has 2 aliphatic rings. The minimum Gasteiger partial charge on any atom is -0.467 e. The van der Waals surface area contributed by atoms with E-state index in [0.717, 1.165) is 37.2 Å². The molecule has 1 aliphatic carbocycles. The van der Waals surface area contributed by atoms with Gasteiger partial charge in [0.25, 0.3) is 17.7 Å². The zero-order chi connectivity index (χ0) is 25.2. The lowest BCUT2D eigenvalue weighted by molar-refractivity contribution is -0.127. The first-order valence-electron chi connectivity index (χ1n) is 11.5. The van der Waals surface area contributed by atoms with E-state index >= 15 is 0 Å². The van der Waals surface area contributed by atoms with Gasteiger partial charge in [0, 0.05) is 12.6 Å². The zero-order valence-electron chi connectivity index (χ0n) is 19.3. The van der Waals surface area contributed by atoms with Crippen LogP contribution in [0.15, 0.2) is 41.0 Å². The summed E-state index contributed by atoms with van der Waals surface area (Å²) in [4.78, 5) is 40.6. The summed E-state index contributed by atoms with van der Waals surface area (Å²) in [5.74, 6) is -0.374. The molecule has 1 unspecified atom stereocenters. The maximum Gasteiger partial charge on any atom is 0.270 e. The van der Waals surface area contributed by atoms with Crippen molar-refractivity contribution in [3.63, 3.8) is 0 Å². The van der Waals surface area contributed by atoms with Crippen molar-refractivity contribution >= 4 is 34.9 Å². The van der Waals surface area contributed by atoms with Crippen molar-refractivity contribution in [1.29, 1.82) is 0 Å². The third-order valence-electron chi connectivity index (χ3n) is 6.28. The Labute approximate surface area is 210 Å². The first kappa shape index (κ1) is 23.7. The van der Waals surface area contributed by atoms with E-state index in [9.17, 15) is 14.4 Å². The van der Waals surface area contributed by atoms with Crippen molar-refractivity contribution in [2.24, 2.45) is 5.73 Å². The molecule has 0 spiro atoms. The van der Waals surface area contributed by atoms with Gasteiger partial charge < -0.3 is 35.6 Å². The molecule has 0 saturated heterocycles. The van der Waals surface area contributed by atoms with Gasteiger partial charge in [-0.15, -0.1) is 0 Å². The molecule has 5 N–H and O–H groups in total. The van der Waals surface area contributed by atoms with E-state index in [2.05, 4.69) is 9.69 Å². The predicted molar refractivity (Wildman–Crippen MR) is 129 cm³/mol. The highest BCUT2D eigenvalue weighted by Crippen LogP contribution is 2.35. The van der Waals surface area contributed by atoms with Crippen LogP contribution in [0.25, 0.3) is 0 Å². The van der Waals surface area contributed by atoms with E-state index in [1.54, 1.807) is 30.3 Å². The highest BCUT2D eigenvalue weighted by Gasteiger charge is 2.37. The molecule has 3 aromatic rings. The largest absolute Gasteiger partial charge is 0.467 e. The van der Waals surface area contributed by atoms with E-state index in [1.807, 2.05) is 0 Å². The monoisotopic (exact) mass is 511 g/mol. The molecule has 2 aromatic heterocycles. The Bertz CT molecular complexity index is 1280. The number of ether oxygens (including phenoxy) is 2. The molecule has 11 nitrogen and oxygen atoms in total. The van der Waals surface area contributed by atoms with Gasteiger partial charge in [0.2, 0.25) is 6.79 Å². The summed E-state index contributed by atoms with van der Waals surface area (Å²) >= 11 is 0.757. The van der Waals surface area contributed by atoms with Crippen LogP contribution in [0, 0.1) is 0 Å². The van der Waals surface area contributed by atoms with Crippen LogP contribution < -0.4 is 26.3 Å². The van der Waals surface area contributed by atoms with Crippen molar-refractivity contribution < 1.29 is 28.3 Å². The Morgan fingerprint density at radius 1 is 1.17 bits per heavy atom. The first-order chi connectivity index (χ1) is 17.4. The van der Waals surface area contributed by atoms with Crippen LogP contribution in [0.2, 0.25) is 0 Å². The fourth-order valence-corrected chi connectivity index (χ4v) is 5.26. The van der Waals surface area contributed by atoms with Crippen molar-refractivity contribution in [3.05, 3.63) is 58.5 Å². The first-order valence-corrected chi connectivity index (χ1v) is 12.3. The highest BCUT2D eigenvalue weighted by atomic mass is 32.1. The number of furan rings is 1. The second-order valence-corrected chi connectivity index (χ2v) is 9.44. The number of aromatic nitrogens is 1. The summed E-state index contributed by atoms with van der Waals surface area (Å²) in [6.07, 6.45) is 5.25. The Hall–Kier alpha value is -4.06. The molecule has 1 aliphatic heterocycles. The van der Waals surface area contributed by atoms with Gasteiger partial charge in [0.05, 0.1) is 12.0 Å². The second-order valence-electron chi connectivity index (χ2n) is 8.67. The number of nitrogens with one attached hydrogen (secondary N) is 1. The van der Waals surface area contributed by atoms with Crippen molar-refractivity contribution in [2.75, 3.05) is 12.5 Å². The third kappa shape index (κ3) is 4.59. The SMILES string of the molecule is NC(=O)c1nsc(C(=O)N(Cc2ccc3c(c2)OCO3)C(C(=O)NC2CCCC2)c2ccco2)c1N. The van der Waals surface area contributed by atoms with Gasteiger partial charge in [0.15, 0.2) is 23.2 Å². The number of carbonyl (C=O) groups is 3. The molecule has 1 fully saturated rings.